The average Bonchev–Trinajstić information content (AvgIpc) is 2.87. The summed E-state index contributed by atoms with van der Waals surface area (Å²) in [7, 11) is 0. The fourth-order valence-corrected chi connectivity index (χ4v) is 2.51. The second-order valence-electron chi connectivity index (χ2n) is 6.48. The van der Waals surface area contributed by atoms with Crippen LogP contribution in [0.15, 0.2) is 18.2 Å². The van der Waals surface area contributed by atoms with E-state index in [1.807, 2.05) is 20.8 Å². The molecule has 6 heteroatoms. The molecule has 1 heterocycles. The Morgan fingerprint density at radius 1 is 1.36 bits per heavy atom. The highest BCUT2D eigenvalue weighted by Gasteiger charge is 2.32. The summed E-state index contributed by atoms with van der Waals surface area (Å²) in [5, 5.41) is 8.73. The lowest BCUT2D eigenvalue weighted by Gasteiger charge is -2.25. The molecular formula is C16H20FNO4. The van der Waals surface area contributed by atoms with Crippen molar-refractivity contribution in [2.45, 2.75) is 38.7 Å². The van der Waals surface area contributed by atoms with Gasteiger partial charge in [-0.3, -0.25) is 4.79 Å². The third-order valence-electron chi connectivity index (χ3n) is 3.66. The minimum atomic E-state index is -1.46. The number of benzene rings is 1. The van der Waals surface area contributed by atoms with Gasteiger partial charge < -0.3 is 14.7 Å². The molecule has 0 bridgehead atoms. The summed E-state index contributed by atoms with van der Waals surface area (Å²) in [6.45, 7) is 6.46. The van der Waals surface area contributed by atoms with Gasteiger partial charge in [0.25, 0.3) is 0 Å². The molecule has 1 atom stereocenters. The summed E-state index contributed by atoms with van der Waals surface area (Å²) in [5.74, 6) is -2.13. The van der Waals surface area contributed by atoms with Crippen LogP contribution in [0.25, 0.3) is 0 Å². The van der Waals surface area contributed by atoms with Gasteiger partial charge >= 0.3 is 11.9 Å². The van der Waals surface area contributed by atoms with E-state index in [1.165, 1.54) is 17.0 Å². The zero-order valence-corrected chi connectivity index (χ0v) is 12.9. The molecule has 1 aliphatic rings. The number of ether oxygens (including phenoxy) is 1. The molecule has 2 rings (SSSR count). The molecule has 0 radical (unpaired) electrons. The maximum Gasteiger partial charge on any atom is 0.394 e. The lowest BCUT2D eigenvalue weighted by Crippen LogP contribution is -2.36. The van der Waals surface area contributed by atoms with Gasteiger partial charge in [0, 0.05) is 18.5 Å². The molecule has 5 nitrogen and oxygen atoms in total. The summed E-state index contributed by atoms with van der Waals surface area (Å²) in [4.78, 5) is 23.4. The van der Waals surface area contributed by atoms with E-state index < -0.39 is 11.9 Å². The third kappa shape index (κ3) is 3.55. The first-order valence-electron chi connectivity index (χ1n) is 7.17. The van der Waals surface area contributed by atoms with Gasteiger partial charge in [-0.15, -0.1) is 0 Å². The molecule has 1 aromatic rings. The van der Waals surface area contributed by atoms with E-state index in [0.29, 0.717) is 18.7 Å². The Hall–Kier alpha value is -2.11. The number of rotatable bonds is 2. The molecule has 1 amide bonds. The molecule has 0 saturated carbocycles. The maximum atomic E-state index is 13.5. The van der Waals surface area contributed by atoms with Crippen molar-refractivity contribution in [3.63, 3.8) is 0 Å². The fourth-order valence-electron chi connectivity index (χ4n) is 2.51. The quantitative estimate of drug-likeness (QED) is 0.850. The van der Waals surface area contributed by atoms with Crippen molar-refractivity contribution in [2.75, 3.05) is 13.1 Å². The Morgan fingerprint density at radius 2 is 2.05 bits per heavy atom. The zero-order valence-electron chi connectivity index (χ0n) is 12.9. The molecule has 0 aromatic heterocycles. The molecule has 120 valence electrons. The van der Waals surface area contributed by atoms with Crippen LogP contribution in [0.2, 0.25) is 0 Å². The number of carboxylic acids is 1. The van der Waals surface area contributed by atoms with E-state index in [4.69, 9.17) is 9.84 Å². The predicted molar refractivity (Wildman–Crippen MR) is 78.3 cm³/mol. The van der Waals surface area contributed by atoms with Crippen LogP contribution in [0, 0.1) is 5.82 Å². The normalized spacial score (nSPS) is 18.4. The average molecular weight is 309 g/mol. The number of carbonyl (C=O) groups is 2. The van der Waals surface area contributed by atoms with Crippen LogP contribution in [-0.4, -0.2) is 41.1 Å². The first-order chi connectivity index (χ1) is 10.2. The molecule has 1 fully saturated rings. The highest BCUT2D eigenvalue weighted by molar-refractivity contribution is 6.31. The lowest BCUT2D eigenvalue weighted by molar-refractivity contribution is -0.155. The van der Waals surface area contributed by atoms with Gasteiger partial charge in [-0.25, -0.2) is 9.18 Å². The van der Waals surface area contributed by atoms with Crippen LogP contribution in [-0.2, 0) is 15.0 Å². The number of carbonyl (C=O) groups excluding carboxylic acids is 1. The topological polar surface area (TPSA) is 66.8 Å². The Bertz CT molecular complexity index is 594. The van der Waals surface area contributed by atoms with Gasteiger partial charge in [-0.05, 0) is 23.6 Å². The first-order valence-corrected chi connectivity index (χ1v) is 7.17. The van der Waals surface area contributed by atoms with Gasteiger partial charge in [0.05, 0.1) is 6.54 Å². The van der Waals surface area contributed by atoms with Crippen LogP contribution in [0.5, 0.6) is 5.75 Å². The Kier molecular flexibility index (Phi) is 4.39. The van der Waals surface area contributed by atoms with Crippen molar-refractivity contribution in [3.8, 4) is 5.75 Å². The predicted octanol–water partition coefficient (Wildman–Crippen LogP) is 2.19. The number of nitrogens with zero attached hydrogens (tertiary/aromatic N) is 1. The van der Waals surface area contributed by atoms with E-state index >= 15 is 0 Å². The Balaban J connectivity index is 2.13. The molecular weight excluding hydrogens is 289 g/mol. The van der Waals surface area contributed by atoms with Crippen molar-refractivity contribution >= 4 is 11.9 Å². The summed E-state index contributed by atoms with van der Waals surface area (Å²) >= 11 is 0. The SMILES string of the molecule is CC(C)(C)c1cc(F)ccc1OC1CCN(C(=O)C(=O)O)C1. The number of hydrogen-bond donors (Lipinski definition) is 1. The molecule has 0 aliphatic carbocycles. The maximum absolute atomic E-state index is 13.5. The van der Waals surface area contributed by atoms with E-state index in [0.717, 1.165) is 5.56 Å². The minimum absolute atomic E-state index is 0.228. The highest BCUT2D eigenvalue weighted by Crippen LogP contribution is 2.33. The van der Waals surface area contributed by atoms with Crippen molar-refractivity contribution < 1.29 is 23.8 Å². The fraction of sp³-hybridized carbons (Fsp3) is 0.500. The smallest absolute Gasteiger partial charge is 0.394 e. The van der Waals surface area contributed by atoms with E-state index in [2.05, 4.69) is 0 Å². The van der Waals surface area contributed by atoms with E-state index in [1.54, 1.807) is 6.07 Å². The molecule has 22 heavy (non-hydrogen) atoms. The summed E-state index contributed by atoms with van der Waals surface area (Å²) in [5.41, 5.74) is 0.461. The number of aliphatic carboxylic acids is 1. The number of amides is 1. The number of halogens is 1. The molecule has 1 aliphatic heterocycles. The van der Waals surface area contributed by atoms with Crippen LogP contribution in [0.4, 0.5) is 4.39 Å². The molecule has 1 unspecified atom stereocenters. The van der Waals surface area contributed by atoms with Gasteiger partial charge in [0.1, 0.15) is 17.7 Å². The number of likely N-dealkylation sites (tertiary alicyclic amines) is 1. The number of hydrogen-bond acceptors (Lipinski definition) is 3. The van der Waals surface area contributed by atoms with Gasteiger partial charge in [0.2, 0.25) is 0 Å². The Morgan fingerprint density at radius 3 is 2.64 bits per heavy atom. The molecule has 1 saturated heterocycles. The first kappa shape index (κ1) is 16.3. The van der Waals surface area contributed by atoms with Gasteiger partial charge in [-0.2, -0.15) is 0 Å². The van der Waals surface area contributed by atoms with Crippen LogP contribution in [0.3, 0.4) is 0 Å². The minimum Gasteiger partial charge on any atom is -0.488 e. The Labute approximate surface area is 128 Å². The standard InChI is InChI=1S/C16H20FNO4/c1-16(2,3)12-8-10(17)4-5-13(12)22-11-6-7-18(9-11)14(19)15(20)21/h4-5,8,11H,6-7,9H2,1-3H3,(H,20,21). The largest absolute Gasteiger partial charge is 0.488 e. The number of carboxylic acid groups (broad SMARTS) is 1. The van der Waals surface area contributed by atoms with Crippen molar-refractivity contribution in [1.29, 1.82) is 0 Å². The van der Waals surface area contributed by atoms with Crippen molar-refractivity contribution in [1.82, 2.24) is 4.90 Å². The van der Waals surface area contributed by atoms with Crippen LogP contribution in [0.1, 0.15) is 32.8 Å². The molecule has 1 aromatic carbocycles. The van der Waals surface area contributed by atoms with Crippen molar-refractivity contribution in [2.24, 2.45) is 0 Å². The molecule has 1 N–H and O–H groups in total. The highest BCUT2D eigenvalue weighted by atomic mass is 19.1. The second kappa shape index (κ2) is 5.94. The van der Waals surface area contributed by atoms with Crippen LogP contribution >= 0.6 is 0 Å². The van der Waals surface area contributed by atoms with Crippen LogP contribution < -0.4 is 4.74 Å². The van der Waals surface area contributed by atoms with Crippen molar-refractivity contribution in [3.05, 3.63) is 29.6 Å². The second-order valence-corrected chi connectivity index (χ2v) is 6.48. The van der Waals surface area contributed by atoms with Gasteiger partial charge in [-0.1, -0.05) is 20.8 Å². The van der Waals surface area contributed by atoms with E-state index in [9.17, 15) is 14.0 Å². The van der Waals surface area contributed by atoms with E-state index in [-0.39, 0.29) is 23.9 Å². The monoisotopic (exact) mass is 309 g/mol. The third-order valence-corrected chi connectivity index (χ3v) is 3.66. The summed E-state index contributed by atoms with van der Waals surface area (Å²) < 4.78 is 19.4. The summed E-state index contributed by atoms with van der Waals surface area (Å²) in [6.07, 6.45) is 0.273. The molecule has 0 spiro atoms. The lowest BCUT2D eigenvalue weighted by atomic mass is 9.86. The zero-order chi connectivity index (χ0) is 16.5. The summed E-state index contributed by atoms with van der Waals surface area (Å²) in [6, 6.07) is 4.36. The van der Waals surface area contributed by atoms with Gasteiger partial charge in [0.15, 0.2) is 0 Å².